The maximum Gasteiger partial charge on any atom is 0.254 e. The second-order valence-electron chi connectivity index (χ2n) is 9.83. The SMILES string of the molecule is COc1ccccc1-n1c(SCCCC(=O)N2CCN(C(=O)c3ccc(Br)cc3)C(C)C2)nnc1-c1ccccc1. The van der Waals surface area contributed by atoms with Crippen LogP contribution in [0.3, 0.4) is 0 Å². The lowest BCUT2D eigenvalue weighted by molar-refractivity contribution is -0.133. The molecule has 1 unspecified atom stereocenters. The number of carbonyl (C=O) groups is 2. The first-order valence-corrected chi connectivity index (χ1v) is 15.4. The van der Waals surface area contributed by atoms with Crippen molar-refractivity contribution in [1.29, 1.82) is 0 Å². The van der Waals surface area contributed by atoms with Gasteiger partial charge in [-0.25, -0.2) is 0 Å². The number of carbonyl (C=O) groups excluding carboxylic acids is 2. The van der Waals surface area contributed by atoms with E-state index in [2.05, 4.69) is 26.1 Å². The molecule has 2 heterocycles. The second-order valence-corrected chi connectivity index (χ2v) is 11.8. The van der Waals surface area contributed by atoms with Gasteiger partial charge >= 0.3 is 0 Å². The van der Waals surface area contributed by atoms with E-state index in [0.717, 1.165) is 32.5 Å². The zero-order chi connectivity index (χ0) is 28.8. The molecule has 0 radical (unpaired) electrons. The van der Waals surface area contributed by atoms with Gasteiger partial charge in [-0.2, -0.15) is 0 Å². The third kappa shape index (κ3) is 6.65. The van der Waals surface area contributed by atoms with E-state index in [1.165, 1.54) is 0 Å². The highest BCUT2D eigenvalue weighted by atomic mass is 79.9. The minimum Gasteiger partial charge on any atom is -0.495 e. The molecule has 1 aliphatic heterocycles. The van der Waals surface area contributed by atoms with E-state index in [-0.39, 0.29) is 17.9 Å². The largest absolute Gasteiger partial charge is 0.495 e. The monoisotopic (exact) mass is 633 g/mol. The van der Waals surface area contributed by atoms with Crippen molar-refractivity contribution in [2.24, 2.45) is 0 Å². The Balaban J connectivity index is 1.19. The van der Waals surface area contributed by atoms with Crippen molar-refractivity contribution in [3.05, 3.63) is 88.9 Å². The lowest BCUT2D eigenvalue weighted by Crippen LogP contribution is -2.55. The molecular weight excluding hydrogens is 602 g/mol. The number of hydrogen-bond acceptors (Lipinski definition) is 6. The quantitative estimate of drug-likeness (QED) is 0.167. The zero-order valence-corrected chi connectivity index (χ0v) is 25.5. The van der Waals surface area contributed by atoms with Crippen molar-refractivity contribution in [3.63, 3.8) is 0 Å². The zero-order valence-electron chi connectivity index (χ0n) is 23.1. The Morgan fingerprint density at radius 3 is 2.44 bits per heavy atom. The maximum atomic E-state index is 13.1. The van der Waals surface area contributed by atoms with Crippen LogP contribution in [0.5, 0.6) is 5.75 Å². The average molecular weight is 635 g/mol. The van der Waals surface area contributed by atoms with Crippen LogP contribution in [0.2, 0.25) is 0 Å². The molecular formula is C31H32BrN5O3S. The van der Waals surface area contributed by atoms with Crippen LogP contribution in [0.15, 0.2) is 88.5 Å². The Labute approximate surface area is 252 Å². The molecule has 0 aliphatic carbocycles. The standard InChI is InChI=1S/C31H32BrN5O3S/c1-22-21-35(18-19-36(22)30(39)24-14-16-25(32)17-15-24)28(38)13-8-20-41-31-34-33-29(23-9-4-3-5-10-23)37(31)26-11-6-7-12-27(26)40-2/h3-7,9-12,14-17,22H,8,13,18-21H2,1-2H3. The highest BCUT2D eigenvalue weighted by Gasteiger charge is 2.30. The fraction of sp³-hybridized carbons (Fsp3) is 0.290. The summed E-state index contributed by atoms with van der Waals surface area (Å²) in [7, 11) is 1.65. The number of aromatic nitrogens is 3. The Bertz CT molecular complexity index is 1500. The topological polar surface area (TPSA) is 80.6 Å². The Kier molecular flexibility index (Phi) is 9.41. The summed E-state index contributed by atoms with van der Waals surface area (Å²) in [4.78, 5) is 29.8. The molecule has 1 aromatic heterocycles. The van der Waals surface area contributed by atoms with Crippen LogP contribution < -0.4 is 4.74 Å². The van der Waals surface area contributed by atoms with Crippen LogP contribution in [0.1, 0.15) is 30.1 Å². The fourth-order valence-corrected chi connectivity index (χ4v) is 6.11. The molecule has 2 amide bonds. The molecule has 3 aromatic carbocycles. The van der Waals surface area contributed by atoms with Gasteiger partial charge in [-0.15, -0.1) is 10.2 Å². The molecule has 5 rings (SSSR count). The highest BCUT2D eigenvalue weighted by molar-refractivity contribution is 9.10. The van der Waals surface area contributed by atoms with Gasteiger partial charge < -0.3 is 14.5 Å². The Morgan fingerprint density at radius 2 is 1.71 bits per heavy atom. The van der Waals surface area contributed by atoms with Gasteiger partial charge in [0.05, 0.1) is 12.8 Å². The van der Waals surface area contributed by atoms with Gasteiger partial charge in [-0.3, -0.25) is 14.2 Å². The van der Waals surface area contributed by atoms with Crippen molar-refractivity contribution >= 4 is 39.5 Å². The van der Waals surface area contributed by atoms with E-state index in [1.807, 2.05) is 100 Å². The summed E-state index contributed by atoms with van der Waals surface area (Å²) in [6, 6.07) is 25.1. The molecule has 0 spiro atoms. The van der Waals surface area contributed by atoms with Crippen LogP contribution in [0, 0.1) is 0 Å². The first-order chi connectivity index (χ1) is 20.0. The minimum absolute atomic E-state index is 0.00234. The molecule has 1 fully saturated rings. The first-order valence-electron chi connectivity index (χ1n) is 13.6. The van der Waals surface area contributed by atoms with Crippen molar-refractivity contribution in [1.82, 2.24) is 24.6 Å². The van der Waals surface area contributed by atoms with Crippen LogP contribution in [0.4, 0.5) is 0 Å². The summed E-state index contributed by atoms with van der Waals surface area (Å²) in [5.74, 6) is 2.30. The smallest absolute Gasteiger partial charge is 0.254 e. The maximum absolute atomic E-state index is 13.1. The molecule has 0 N–H and O–H groups in total. The summed E-state index contributed by atoms with van der Waals surface area (Å²) in [6.45, 7) is 3.61. The number of methoxy groups -OCH3 is 1. The number of ether oxygens (including phenoxy) is 1. The molecule has 1 atom stereocenters. The number of nitrogens with zero attached hydrogens (tertiary/aromatic N) is 5. The van der Waals surface area contributed by atoms with Gasteiger partial charge in [0.15, 0.2) is 11.0 Å². The molecule has 1 saturated heterocycles. The van der Waals surface area contributed by atoms with Crippen molar-refractivity contribution in [2.75, 3.05) is 32.5 Å². The van der Waals surface area contributed by atoms with E-state index in [1.54, 1.807) is 18.9 Å². The van der Waals surface area contributed by atoms with Crippen LogP contribution in [-0.4, -0.2) is 74.9 Å². The average Bonchev–Trinajstić information content (AvgIpc) is 3.43. The molecule has 41 heavy (non-hydrogen) atoms. The van der Waals surface area contributed by atoms with E-state index in [0.29, 0.717) is 43.8 Å². The highest BCUT2D eigenvalue weighted by Crippen LogP contribution is 2.32. The minimum atomic E-state index is -0.0472. The number of para-hydroxylation sites is 2. The lowest BCUT2D eigenvalue weighted by Gasteiger charge is -2.40. The van der Waals surface area contributed by atoms with E-state index < -0.39 is 0 Å². The molecule has 1 aliphatic rings. The number of thioether (sulfide) groups is 1. The van der Waals surface area contributed by atoms with Crippen molar-refractivity contribution in [3.8, 4) is 22.8 Å². The van der Waals surface area contributed by atoms with Gasteiger partial charge in [0.25, 0.3) is 5.91 Å². The van der Waals surface area contributed by atoms with Crippen LogP contribution in [0.25, 0.3) is 17.1 Å². The van der Waals surface area contributed by atoms with E-state index in [9.17, 15) is 9.59 Å². The predicted molar refractivity (Wildman–Crippen MR) is 165 cm³/mol. The van der Waals surface area contributed by atoms with Gasteiger partial charge in [-0.1, -0.05) is 70.2 Å². The summed E-state index contributed by atoms with van der Waals surface area (Å²) in [5, 5.41) is 9.75. The molecule has 10 heteroatoms. The number of amides is 2. The Morgan fingerprint density at radius 1 is 0.976 bits per heavy atom. The molecule has 212 valence electrons. The van der Waals surface area contributed by atoms with Crippen molar-refractivity contribution < 1.29 is 14.3 Å². The summed E-state index contributed by atoms with van der Waals surface area (Å²) in [6.07, 6.45) is 1.14. The van der Waals surface area contributed by atoms with Gasteiger partial charge in [0.1, 0.15) is 5.75 Å². The van der Waals surface area contributed by atoms with Crippen molar-refractivity contribution in [2.45, 2.75) is 31.0 Å². The third-order valence-corrected chi connectivity index (χ3v) is 8.63. The summed E-state index contributed by atoms with van der Waals surface area (Å²) < 4.78 is 8.59. The molecule has 8 nitrogen and oxygen atoms in total. The van der Waals surface area contributed by atoms with Gasteiger partial charge in [-0.05, 0) is 49.7 Å². The number of rotatable bonds is 9. The Hall–Kier alpha value is -3.63. The number of piperazine rings is 1. The number of halogens is 1. The van der Waals surface area contributed by atoms with Gasteiger partial charge in [0.2, 0.25) is 5.91 Å². The molecule has 0 saturated carbocycles. The summed E-state index contributed by atoms with van der Waals surface area (Å²) in [5.41, 5.74) is 2.48. The molecule has 4 aromatic rings. The number of hydrogen-bond donors (Lipinski definition) is 0. The first kappa shape index (κ1) is 28.9. The normalized spacial score (nSPS) is 15.1. The predicted octanol–water partition coefficient (Wildman–Crippen LogP) is 5.95. The molecule has 0 bridgehead atoms. The lowest BCUT2D eigenvalue weighted by atomic mass is 10.1. The fourth-order valence-electron chi connectivity index (χ4n) is 4.96. The third-order valence-electron chi connectivity index (χ3n) is 7.09. The van der Waals surface area contributed by atoms with E-state index >= 15 is 0 Å². The van der Waals surface area contributed by atoms with Crippen LogP contribution >= 0.6 is 27.7 Å². The van der Waals surface area contributed by atoms with Gasteiger partial charge in [0, 0.05) is 53.4 Å². The van der Waals surface area contributed by atoms with Crippen LogP contribution in [-0.2, 0) is 4.79 Å². The van der Waals surface area contributed by atoms with E-state index in [4.69, 9.17) is 4.74 Å². The second kappa shape index (κ2) is 13.4. The number of benzene rings is 3. The summed E-state index contributed by atoms with van der Waals surface area (Å²) >= 11 is 4.99.